The largest absolute Gasteiger partial charge is 0.463 e. The van der Waals surface area contributed by atoms with Crippen molar-refractivity contribution in [3.63, 3.8) is 0 Å². The predicted octanol–water partition coefficient (Wildman–Crippen LogP) is 4.71. The third-order valence-corrected chi connectivity index (χ3v) is 8.39. The maximum absolute atomic E-state index is 11.3. The van der Waals surface area contributed by atoms with Gasteiger partial charge in [-0.3, -0.25) is 4.79 Å². The van der Waals surface area contributed by atoms with Crippen LogP contribution in [0.2, 0.25) is 0 Å². The van der Waals surface area contributed by atoms with Crippen molar-refractivity contribution in [2.24, 2.45) is 40.9 Å². The van der Waals surface area contributed by atoms with Crippen LogP contribution in [0.1, 0.15) is 71.6 Å². The van der Waals surface area contributed by atoms with Crippen molar-refractivity contribution in [1.29, 1.82) is 5.26 Å². The lowest BCUT2D eigenvalue weighted by Crippen LogP contribution is -2.49. The summed E-state index contributed by atoms with van der Waals surface area (Å²) in [4.78, 5) is 11.3. The van der Waals surface area contributed by atoms with Crippen molar-refractivity contribution in [3.05, 3.63) is 0 Å². The molecule has 0 N–H and O–H groups in total. The van der Waals surface area contributed by atoms with Gasteiger partial charge in [0, 0.05) is 6.92 Å². The summed E-state index contributed by atoms with van der Waals surface area (Å²) >= 11 is 0. The summed E-state index contributed by atoms with van der Waals surface area (Å²) in [5.41, 5.74) is 0.289. The average molecular weight is 329 g/mol. The maximum Gasteiger partial charge on any atom is 0.302 e. The average Bonchev–Trinajstić information content (AvgIpc) is 2.90. The molecule has 8 atom stereocenters. The molecule has 4 aliphatic carbocycles. The van der Waals surface area contributed by atoms with Gasteiger partial charge >= 0.3 is 5.97 Å². The fourth-order valence-corrected chi connectivity index (χ4v) is 7.36. The van der Waals surface area contributed by atoms with Crippen LogP contribution in [0.5, 0.6) is 0 Å². The number of esters is 1. The van der Waals surface area contributed by atoms with Gasteiger partial charge in [-0.05, 0) is 92.8 Å². The highest BCUT2D eigenvalue weighted by atomic mass is 16.5. The lowest BCUT2D eigenvalue weighted by molar-refractivity contribution is -0.152. The number of fused-ring (bicyclic) bond motifs is 5. The number of carbonyl (C=O) groups excluding carboxylic acids is 1. The first-order valence-corrected chi connectivity index (χ1v) is 10.1. The van der Waals surface area contributed by atoms with Crippen molar-refractivity contribution in [1.82, 2.24) is 0 Å². The van der Waals surface area contributed by atoms with E-state index in [0.717, 1.165) is 48.9 Å². The van der Waals surface area contributed by atoms with Crippen molar-refractivity contribution in [3.8, 4) is 6.07 Å². The maximum atomic E-state index is 11.3. The zero-order valence-corrected chi connectivity index (χ0v) is 15.2. The molecule has 0 aromatic rings. The summed E-state index contributed by atoms with van der Waals surface area (Å²) in [6.07, 6.45) is 11.2. The Bertz CT molecular complexity index is 553. The third kappa shape index (κ3) is 2.49. The van der Waals surface area contributed by atoms with Crippen LogP contribution in [0.15, 0.2) is 0 Å². The lowest BCUT2D eigenvalue weighted by Gasteiger charge is -2.55. The second-order valence-corrected chi connectivity index (χ2v) is 9.28. The van der Waals surface area contributed by atoms with Gasteiger partial charge < -0.3 is 4.74 Å². The summed E-state index contributed by atoms with van der Waals surface area (Å²) in [6.45, 7) is 3.95. The normalized spacial score (nSPS) is 50.1. The van der Waals surface area contributed by atoms with Gasteiger partial charge in [0.2, 0.25) is 0 Å². The molecule has 132 valence electrons. The van der Waals surface area contributed by atoms with E-state index >= 15 is 0 Å². The van der Waals surface area contributed by atoms with Crippen LogP contribution < -0.4 is 0 Å². The van der Waals surface area contributed by atoms with Crippen LogP contribution in [0.25, 0.3) is 0 Å². The van der Waals surface area contributed by atoms with E-state index in [1.54, 1.807) is 0 Å². The van der Waals surface area contributed by atoms with E-state index < -0.39 is 0 Å². The Morgan fingerprint density at radius 2 is 1.83 bits per heavy atom. The van der Waals surface area contributed by atoms with Crippen molar-refractivity contribution < 1.29 is 9.53 Å². The SMILES string of the molecule is CC(=O)O[C@H]1CC[C@H]2[C@H](CC[C@@H]3[C@@H]2CC[C@]2(C)[C@@H](C#N)CC[C@@H]32)C1. The summed E-state index contributed by atoms with van der Waals surface area (Å²) in [6, 6.07) is 2.63. The Morgan fingerprint density at radius 3 is 2.58 bits per heavy atom. The molecular formula is C21H31NO2. The van der Waals surface area contributed by atoms with Crippen LogP contribution in [0, 0.1) is 52.3 Å². The molecule has 0 amide bonds. The molecule has 0 saturated heterocycles. The minimum Gasteiger partial charge on any atom is -0.463 e. The minimum atomic E-state index is -0.117. The topological polar surface area (TPSA) is 50.1 Å². The Labute approximate surface area is 146 Å². The Kier molecular flexibility index (Phi) is 4.14. The minimum absolute atomic E-state index is 0.117. The summed E-state index contributed by atoms with van der Waals surface area (Å²) in [5.74, 6) is 4.30. The van der Waals surface area contributed by atoms with E-state index in [1.807, 2.05) is 0 Å². The number of hydrogen-bond donors (Lipinski definition) is 0. The van der Waals surface area contributed by atoms with E-state index in [9.17, 15) is 10.1 Å². The van der Waals surface area contributed by atoms with Gasteiger partial charge in [-0.15, -0.1) is 0 Å². The molecule has 0 heterocycles. The molecular weight excluding hydrogens is 298 g/mol. The Balaban J connectivity index is 1.48. The van der Waals surface area contributed by atoms with Crippen LogP contribution >= 0.6 is 0 Å². The molecule has 0 aliphatic heterocycles. The van der Waals surface area contributed by atoms with E-state index in [-0.39, 0.29) is 17.5 Å². The second kappa shape index (κ2) is 6.04. The highest BCUT2D eigenvalue weighted by Crippen LogP contribution is 2.64. The number of rotatable bonds is 1. The second-order valence-electron chi connectivity index (χ2n) is 9.28. The molecule has 0 spiro atoms. The molecule has 4 rings (SSSR count). The monoisotopic (exact) mass is 329 g/mol. The van der Waals surface area contributed by atoms with Crippen LogP contribution in [0.4, 0.5) is 0 Å². The van der Waals surface area contributed by atoms with Crippen molar-refractivity contribution >= 4 is 5.97 Å². The quantitative estimate of drug-likeness (QED) is 0.655. The van der Waals surface area contributed by atoms with Gasteiger partial charge in [-0.1, -0.05) is 6.92 Å². The predicted molar refractivity (Wildman–Crippen MR) is 91.8 cm³/mol. The first kappa shape index (κ1) is 16.4. The van der Waals surface area contributed by atoms with Crippen molar-refractivity contribution in [2.45, 2.75) is 77.7 Å². The molecule has 0 aromatic heterocycles. The molecule has 0 radical (unpaired) electrons. The molecule has 4 fully saturated rings. The zero-order valence-electron chi connectivity index (χ0n) is 15.2. The van der Waals surface area contributed by atoms with Gasteiger partial charge in [-0.25, -0.2) is 0 Å². The van der Waals surface area contributed by atoms with Crippen LogP contribution in [0.3, 0.4) is 0 Å². The first-order valence-electron chi connectivity index (χ1n) is 10.1. The number of hydrogen-bond acceptors (Lipinski definition) is 3. The zero-order chi connectivity index (χ0) is 16.9. The fraction of sp³-hybridized carbons (Fsp3) is 0.905. The molecule has 24 heavy (non-hydrogen) atoms. The molecule has 4 saturated carbocycles. The van der Waals surface area contributed by atoms with Gasteiger partial charge in [0.1, 0.15) is 6.10 Å². The molecule has 3 heteroatoms. The number of nitriles is 1. The third-order valence-electron chi connectivity index (χ3n) is 8.39. The van der Waals surface area contributed by atoms with Gasteiger partial charge in [0.25, 0.3) is 0 Å². The van der Waals surface area contributed by atoms with Crippen LogP contribution in [-0.4, -0.2) is 12.1 Å². The van der Waals surface area contributed by atoms with Gasteiger partial charge in [0.15, 0.2) is 0 Å². The number of nitrogens with zero attached hydrogens (tertiary/aromatic N) is 1. The molecule has 0 bridgehead atoms. The lowest BCUT2D eigenvalue weighted by atomic mass is 9.50. The number of ether oxygens (including phenoxy) is 1. The Morgan fingerprint density at radius 1 is 1.04 bits per heavy atom. The van der Waals surface area contributed by atoms with Gasteiger partial charge in [-0.2, -0.15) is 5.26 Å². The molecule has 0 aromatic carbocycles. The van der Waals surface area contributed by atoms with E-state index in [2.05, 4.69) is 13.0 Å². The highest BCUT2D eigenvalue weighted by Gasteiger charge is 2.57. The summed E-state index contributed by atoms with van der Waals surface area (Å²) < 4.78 is 5.52. The fourth-order valence-electron chi connectivity index (χ4n) is 7.36. The first-order chi connectivity index (χ1) is 11.5. The summed E-state index contributed by atoms with van der Waals surface area (Å²) in [5, 5.41) is 9.56. The molecule has 4 aliphatic rings. The standard InChI is InChI=1S/C21H31NO2/c1-13(23)24-16-5-7-17-14(11-16)3-6-19-18(17)9-10-21(2)15(12-22)4-8-20(19)21/h14-20H,3-11H2,1-2H3/t14-,15-,16+,17+,18-,19-,20+,21-/m1/s1. The Hall–Kier alpha value is -1.04. The van der Waals surface area contributed by atoms with E-state index in [4.69, 9.17) is 4.74 Å². The van der Waals surface area contributed by atoms with Crippen molar-refractivity contribution in [2.75, 3.05) is 0 Å². The van der Waals surface area contributed by atoms with Gasteiger partial charge in [0.05, 0.1) is 12.0 Å². The molecule has 0 unspecified atom stereocenters. The highest BCUT2D eigenvalue weighted by molar-refractivity contribution is 5.66. The van der Waals surface area contributed by atoms with Crippen LogP contribution in [-0.2, 0) is 9.53 Å². The summed E-state index contributed by atoms with van der Waals surface area (Å²) in [7, 11) is 0. The van der Waals surface area contributed by atoms with E-state index in [0.29, 0.717) is 5.92 Å². The number of carbonyl (C=O) groups is 1. The smallest absolute Gasteiger partial charge is 0.302 e. The van der Waals surface area contributed by atoms with E-state index in [1.165, 1.54) is 45.4 Å². The molecule has 3 nitrogen and oxygen atoms in total.